The third kappa shape index (κ3) is 3.04. The number of hydrogen-bond acceptors (Lipinski definition) is 5. The molecule has 1 saturated carbocycles. The second kappa shape index (κ2) is 5.45. The molecule has 4 unspecified atom stereocenters. The Bertz CT molecular complexity index is 383. The molecule has 1 heterocycles. The fraction of sp³-hybridized carbons (Fsp3) is 1.00. The largest absolute Gasteiger partial charge is 0.374 e. The number of rotatable bonds is 3. The van der Waals surface area contributed by atoms with Gasteiger partial charge in [-0.15, -0.1) is 0 Å². The Morgan fingerprint density at radius 3 is 2.72 bits per heavy atom. The molecule has 2 fully saturated rings. The van der Waals surface area contributed by atoms with Crippen LogP contribution >= 0.6 is 0 Å². The molecule has 1 saturated heterocycles. The highest BCUT2D eigenvalue weighted by atomic mass is 32.2. The Balaban J connectivity index is 2.06. The molecule has 4 atom stereocenters. The summed E-state index contributed by atoms with van der Waals surface area (Å²) >= 11 is 0. The van der Waals surface area contributed by atoms with Crippen molar-refractivity contribution in [3.05, 3.63) is 0 Å². The average Bonchev–Trinajstić information content (AvgIpc) is 2.77. The lowest BCUT2D eigenvalue weighted by molar-refractivity contribution is -0.0502. The molecule has 0 aromatic rings. The predicted octanol–water partition coefficient (Wildman–Crippen LogP) is 0.000100. The average molecular weight is 276 g/mol. The van der Waals surface area contributed by atoms with E-state index >= 15 is 0 Å². The predicted molar refractivity (Wildman–Crippen MR) is 71.2 cm³/mol. The van der Waals surface area contributed by atoms with E-state index in [1.54, 1.807) is 0 Å². The fourth-order valence-corrected chi connectivity index (χ4v) is 4.61. The van der Waals surface area contributed by atoms with E-state index in [0.717, 1.165) is 32.4 Å². The number of nitrogens with zero attached hydrogens (tertiary/aromatic N) is 1. The normalized spacial score (nSPS) is 36.7. The summed E-state index contributed by atoms with van der Waals surface area (Å²) in [6, 6.07) is 0.149. The van der Waals surface area contributed by atoms with Crippen molar-refractivity contribution in [3.63, 3.8) is 0 Å². The van der Waals surface area contributed by atoms with E-state index in [1.807, 2.05) is 6.92 Å². The first-order chi connectivity index (χ1) is 8.39. The third-order valence-corrected chi connectivity index (χ3v) is 5.80. The number of hydrogen-bond donors (Lipinski definition) is 1. The van der Waals surface area contributed by atoms with Gasteiger partial charge in [-0.25, -0.2) is 8.42 Å². The first kappa shape index (κ1) is 14.2. The van der Waals surface area contributed by atoms with Crippen molar-refractivity contribution in [1.29, 1.82) is 0 Å². The first-order valence-electron chi connectivity index (χ1n) is 6.69. The quantitative estimate of drug-likeness (QED) is 0.785. The highest BCUT2D eigenvalue weighted by Gasteiger charge is 2.40. The molecule has 2 aliphatic rings. The molecule has 0 radical (unpaired) electrons. The summed E-state index contributed by atoms with van der Waals surface area (Å²) in [6.45, 7) is 4.17. The van der Waals surface area contributed by atoms with Crippen molar-refractivity contribution < 1.29 is 13.2 Å². The molecule has 0 aromatic carbocycles. The molecule has 5 nitrogen and oxygen atoms in total. The molecule has 106 valence electrons. The van der Waals surface area contributed by atoms with Crippen LogP contribution in [0.1, 0.15) is 26.2 Å². The van der Waals surface area contributed by atoms with E-state index < -0.39 is 9.84 Å². The maximum Gasteiger partial charge on any atom is 0.151 e. The molecule has 0 amide bonds. The van der Waals surface area contributed by atoms with Crippen molar-refractivity contribution >= 4 is 9.84 Å². The van der Waals surface area contributed by atoms with Crippen LogP contribution in [0.5, 0.6) is 0 Å². The molecule has 0 bridgehead atoms. The van der Waals surface area contributed by atoms with Gasteiger partial charge in [0.1, 0.15) is 0 Å². The lowest BCUT2D eigenvalue weighted by Gasteiger charge is -2.39. The molecule has 2 N–H and O–H groups in total. The van der Waals surface area contributed by atoms with Gasteiger partial charge in [0.2, 0.25) is 0 Å². The lowest BCUT2D eigenvalue weighted by atomic mass is 10.1. The molecular weight excluding hydrogens is 252 g/mol. The molecule has 0 spiro atoms. The Labute approximate surface area is 110 Å². The summed E-state index contributed by atoms with van der Waals surface area (Å²) in [5.74, 6) is 0. The minimum atomic E-state index is -2.95. The van der Waals surface area contributed by atoms with Crippen molar-refractivity contribution in [1.82, 2.24) is 4.90 Å². The zero-order valence-electron chi connectivity index (χ0n) is 11.2. The summed E-state index contributed by atoms with van der Waals surface area (Å²) in [6.07, 6.45) is 4.16. The summed E-state index contributed by atoms with van der Waals surface area (Å²) in [5, 5.41) is -0.204. The monoisotopic (exact) mass is 276 g/mol. The molecule has 2 rings (SSSR count). The molecular formula is C12H24N2O3S. The highest BCUT2D eigenvalue weighted by Crippen LogP contribution is 2.30. The van der Waals surface area contributed by atoms with Crippen LogP contribution in [-0.4, -0.2) is 62.7 Å². The van der Waals surface area contributed by atoms with Gasteiger partial charge in [0, 0.05) is 31.4 Å². The zero-order valence-corrected chi connectivity index (χ0v) is 12.0. The van der Waals surface area contributed by atoms with Gasteiger partial charge in [-0.2, -0.15) is 0 Å². The number of morpholine rings is 1. The van der Waals surface area contributed by atoms with Crippen LogP contribution in [0.3, 0.4) is 0 Å². The van der Waals surface area contributed by atoms with Crippen LogP contribution < -0.4 is 5.73 Å². The van der Waals surface area contributed by atoms with E-state index in [2.05, 4.69) is 4.90 Å². The van der Waals surface area contributed by atoms with E-state index in [9.17, 15) is 8.42 Å². The second-order valence-electron chi connectivity index (χ2n) is 5.63. The maximum atomic E-state index is 11.8. The van der Waals surface area contributed by atoms with Gasteiger partial charge in [-0.1, -0.05) is 6.42 Å². The minimum Gasteiger partial charge on any atom is -0.374 e. The van der Waals surface area contributed by atoms with Gasteiger partial charge in [-0.3, -0.25) is 4.90 Å². The molecule has 1 aliphatic carbocycles. The topological polar surface area (TPSA) is 72.6 Å². The highest BCUT2D eigenvalue weighted by molar-refractivity contribution is 7.91. The van der Waals surface area contributed by atoms with E-state index in [1.165, 1.54) is 6.26 Å². The van der Waals surface area contributed by atoms with Crippen LogP contribution in [-0.2, 0) is 14.6 Å². The number of ether oxygens (including phenoxy) is 1. The van der Waals surface area contributed by atoms with Gasteiger partial charge in [0.05, 0.1) is 18.0 Å². The summed E-state index contributed by atoms with van der Waals surface area (Å²) < 4.78 is 29.3. The third-order valence-electron chi connectivity index (χ3n) is 4.15. The van der Waals surface area contributed by atoms with Gasteiger partial charge < -0.3 is 10.5 Å². The van der Waals surface area contributed by atoms with Crippen LogP contribution in [0, 0.1) is 0 Å². The van der Waals surface area contributed by atoms with Crippen LogP contribution in [0.2, 0.25) is 0 Å². The Kier molecular flexibility index (Phi) is 4.31. The molecule has 0 aromatic heterocycles. The summed E-state index contributed by atoms with van der Waals surface area (Å²) in [5.41, 5.74) is 5.88. The van der Waals surface area contributed by atoms with Gasteiger partial charge in [0.15, 0.2) is 9.84 Å². The van der Waals surface area contributed by atoms with Crippen LogP contribution in [0.4, 0.5) is 0 Å². The van der Waals surface area contributed by atoms with Crippen molar-refractivity contribution in [2.45, 2.75) is 49.6 Å². The standard InChI is InChI=1S/C12H24N2O3S/c1-9(13)11-8-14(6-7-17-11)10-4-3-5-12(10)18(2,15)16/h9-12H,3-8,13H2,1-2H3. The van der Waals surface area contributed by atoms with Gasteiger partial charge in [0.25, 0.3) is 0 Å². The Morgan fingerprint density at radius 1 is 1.39 bits per heavy atom. The number of sulfone groups is 1. The Hall–Kier alpha value is -0.170. The van der Waals surface area contributed by atoms with E-state index in [4.69, 9.17) is 10.5 Å². The maximum absolute atomic E-state index is 11.8. The van der Waals surface area contributed by atoms with Crippen molar-refractivity contribution in [2.75, 3.05) is 26.0 Å². The van der Waals surface area contributed by atoms with Crippen molar-refractivity contribution in [3.8, 4) is 0 Å². The number of nitrogens with two attached hydrogens (primary N) is 1. The van der Waals surface area contributed by atoms with E-state index in [0.29, 0.717) is 6.61 Å². The van der Waals surface area contributed by atoms with Crippen molar-refractivity contribution in [2.24, 2.45) is 5.73 Å². The smallest absolute Gasteiger partial charge is 0.151 e. The van der Waals surface area contributed by atoms with Gasteiger partial charge in [-0.05, 0) is 19.8 Å². The molecule has 18 heavy (non-hydrogen) atoms. The summed E-state index contributed by atoms with van der Waals surface area (Å²) in [4.78, 5) is 2.27. The fourth-order valence-electron chi connectivity index (χ4n) is 3.14. The molecule has 1 aliphatic heterocycles. The summed E-state index contributed by atoms with van der Waals surface area (Å²) in [7, 11) is -2.95. The zero-order chi connectivity index (χ0) is 13.3. The lowest BCUT2D eigenvalue weighted by Crippen LogP contribution is -2.55. The van der Waals surface area contributed by atoms with E-state index in [-0.39, 0.29) is 23.4 Å². The van der Waals surface area contributed by atoms with Gasteiger partial charge >= 0.3 is 0 Å². The Morgan fingerprint density at radius 2 is 2.11 bits per heavy atom. The first-order valence-corrected chi connectivity index (χ1v) is 8.65. The molecule has 6 heteroatoms. The minimum absolute atomic E-state index is 0.00844. The SMILES string of the molecule is CC(N)C1CN(C2CCCC2S(C)(=O)=O)CCO1. The van der Waals surface area contributed by atoms with Crippen LogP contribution in [0.25, 0.3) is 0 Å². The van der Waals surface area contributed by atoms with Crippen LogP contribution in [0.15, 0.2) is 0 Å². The second-order valence-corrected chi connectivity index (χ2v) is 7.89.